The molecule has 1 aromatic rings. The van der Waals surface area contributed by atoms with Gasteiger partial charge in [-0.3, -0.25) is 4.79 Å². The topological polar surface area (TPSA) is 99.1 Å². The summed E-state index contributed by atoms with van der Waals surface area (Å²) >= 11 is 0. The van der Waals surface area contributed by atoms with E-state index in [4.69, 9.17) is 4.74 Å². The van der Waals surface area contributed by atoms with E-state index in [9.17, 15) is 28.4 Å². The van der Waals surface area contributed by atoms with Gasteiger partial charge in [0, 0.05) is 6.54 Å². The van der Waals surface area contributed by atoms with Crippen molar-refractivity contribution in [1.29, 1.82) is 0 Å². The number of benzene rings is 1. The third-order valence-corrected chi connectivity index (χ3v) is 4.77. The van der Waals surface area contributed by atoms with E-state index in [0.717, 1.165) is 0 Å². The third-order valence-electron chi connectivity index (χ3n) is 4.77. The highest BCUT2D eigenvalue weighted by molar-refractivity contribution is 6.43. The molecule has 0 aromatic heterocycles. The van der Waals surface area contributed by atoms with Gasteiger partial charge in [-0.1, -0.05) is 18.7 Å². The van der Waals surface area contributed by atoms with Crippen molar-refractivity contribution in [2.45, 2.75) is 37.7 Å². The number of nitrogens with one attached hydrogen (secondary N) is 1. The van der Waals surface area contributed by atoms with Gasteiger partial charge in [-0.05, 0) is 43.9 Å². The van der Waals surface area contributed by atoms with E-state index >= 15 is 0 Å². The van der Waals surface area contributed by atoms with Gasteiger partial charge in [0.25, 0.3) is 5.91 Å². The molecular weight excluding hydrogens is 373 g/mol. The SMILES string of the molecule is C=C(F)C(=O)N1CCCC1(C)COC(=O)N[C@@H](Cc1ccc(F)cc1)B(O)O. The molecule has 3 N–H and O–H groups in total. The van der Waals surface area contributed by atoms with Crippen LogP contribution >= 0.6 is 0 Å². The fourth-order valence-corrected chi connectivity index (χ4v) is 3.19. The molecule has 0 bridgehead atoms. The van der Waals surface area contributed by atoms with Crippen LogP contribution in [0.15, 0.2) is 36.7 Å². The second-order valence-corrected chi connectivity index (χ2v) is 7.03. The van der Waals surface area contributed by atoms with Gasteiger partial charge < -0.3 is 25.0 Å². The van der Waals surface area contributed by atoms with E-state index in [2.05, 4.69) is 11.9 Å². The van der Waals surface area contributed by atoms with Gasteiger partial charge in [-0.15, -0.1) is 0 Å². The van der Waals surface area contributed by atoms with E-state index in [-0.39, 0.29) is 13.0 Å². The summed E-state index contributed by atoms with van der Waals surface area (Å²) in [5, 5.41) is 21.3. The standard InChI is InChI=1S/C18H23BF2N2O5/c1-12(20)16(24)23-9-3-8-18(23,2)11-28-17(25)22-15(19(26)27)10-13-4-6-14(21)7-5-13/h4-7,15,26-27H,1,3,8-11H2,2H3,(H,22,25)/t15-,18?/m0/s1. The third kappa shape index (κ3) is 5.52. The highest BCUT2D eigenvalue weighted by Gasteiger charge is 2.41. The predicted molar refractivity (Wildman–Crippen MR) is 98.2 cm³/mol. The summed E-state index contributed by atoms with van der Waals surface area (Å²) in [6.45, 7) is 4.81. The molecule has 1 aliphatic rings. The van der Waals surface area contributed by atoms with Crippen LogP contribution in [0.4, 0.5) is 13.6 Å². The highest BCUT2D eigenvalue weighted by atomic mass is 19.1. The Hall–Kier alpha value is -2.46. The minimum Gasteiger partial charge on any atom is -0.447 e. The lowest BCUT2D eigenvalue weighted by atomic mass is 9.76. The van der Waals surface area contributed by atoms with Crippen molar-refractivity contribution in [2.24, 2.45) is 0 Å². The number of hydrogen-bond acceptors (Lipinski definition) is 5. The molecule has 1 heterocycles. The first-order valence-corrected chi connectivity index (χ1v) is 8.82. The molecule has 2 rings (SSSR count). The summed E-state index contributed by atoms with van der Waals surface area (Å²) in [7, 11) is -1.87. The van der Waals surface area contributed by atoms with E-state index in [0.29, 0.717) is 24.9 Å². The second kappa shape index (κ2) is 9.16. The summed E-state index contributed by atoms with van der Waals surface area (Å²) in [5.41, 5.74) is -0.297. The zero-order valence-corrected chi connectivity index (χ0v) is 15.5. The Morgan fingerprint density at radius 3 is 2.61 bits per heavy atom. The molecule has 2 amide bonds. The molecule has 28 heavy (non-hydrogen) atoms. The fourth-order valence-electron chi connectivity index (χ4n) is 3.19. The minimum absolute atomic E-state index is 0.0383. The van der Waals surface area contributed by atoms with Gasteiger partial charge >= 0.3 is 13.2 Å². The molecule has 0 aliphatic carbocycles. The molecule has 2 atom stereocenters. The van der Waals surface area contributed by atoms with Crippen molar-refractivity contribution in [2.75, 3.05) is 13.2 Å². The number of carbonyl (C=O) groups excluding carboxylic acids is 2. The van der Waals surface area contributed by atoms with Gasteiger partial charge in [0.1, 0.15) is 12.4 Å². The van der Waals surface area contributed by atoms with Crippen molar-refractivity contribution in [3.63, 3.8) is 0 Å². The van der Waals surface area contributed by atoms with Gasteiger partial charge in [0.15, 0.2) is 5.83 Å². The summed E-state index contributed by atoms with van der Waals surface area (Å²) in [4.78, 5) is 25.3. The van der Waals surface area contributed by atoms with Crippen LogP contribution in [0.25, 0.3) is 0 Å². The number of nitrogens with zero attached hydrogens (tertiary/aromatic N) is 1. The van der Waals surface area contributed by atoms with Crippen molar-refractivity contribution in [3.8, 4) is 0 Å². The summed E-state index contributed by atoms with van der Waals surface area (Å²) in [6, 6.07) is 5.37. The Kier molecular flexibility index (Phi) is 7.14. The van der Waals surface area contributed by atoms with Crippen LogP contribution < -0.4 is 5.32 Å². The lowest BCUT2D eigenvalue weighted by Gasteiger charge is -2.34. The molecule has 0 spiro atoms. The maximum atomic E-state index is 13.2. The Morgan fingerprint density at radius 2 is 2.04 bits per heavy atom. The Labute approximate surface area is 162 Å². The number of carbonyl (C=O) groups is 2. The minimum atomic E-state index is -1.87. The molecule has 1 unspecified atom stereocenters. The summed E-state index contributed by atoms with van der Waals surface area (Å²) in [6.07, 6.45) is 0.264. The molecule has 10 heteroatoms. The fraction of sp³-hybridized carbons (Fsp3) is 0.444. The van der Waals surface area contributed by atoms with Gasteiger partial charge in [0.05, 0.1) is 11.5 Å². The van der Waals surface area contributed by atoms with E-state index in [1.165, 1.54) is 29.2 Å². The van der Waals surface area contributed by atoms with Gasteiger partial charge in [-0.25, -0.2) is 13.6 Å². The first kappa shape index (κ1) is 21.8. The van der Waals surface area contributed by atoms with Gasteiger partial charge in [0.2, 0.25) is 0 Å². The predicted octanol–water partition coefficient (Wildman–Crippen LogP) is 1.34. The number of ether oxygens (including phenoxy) is 1. The molecule has 1 aromatic carbocycles. The number of halogens is 2. The molecule has 1 saturated heterocycles. The lowest BCUT2D eigenvalue weighted by Crippen LogP contribution is -2.51. The van der Waals surface area contributed by atoms with Crippen LogP contribution in [0.3, 0.4) is 0 Å². The second-order valence-electron chi connectivity index (χ2n) is 7.03. The Bertz CT molecular complexity index is 731. The number of amides is 2. The lowest BCUT2D eigenvalue weighted by molar-refractivity contribution is -0.133. The van der Waals surface area contributed by atoms with Crippen molar-refractivity contribution in [1.82, 2.24) is 10.2 Å². The zero-order valence-electron chi connectivity index (χ0n) is 15.5. The van der Waals surface area contributed by atoms with Crippen LogP contribution in [0.5, 0.6) is 0 Å². The van der Waals surface area contributed by atoms with Crippen LogP contribution in [0.2, 0.25) is 0 Å². The van der Waals surface area contributed by atoms with Crippen LogP contribution in [0, 0.1) is 5.82 Å². The molecule has 1 fully saturated rings. The van der Waals surface area contributed by atoms with E-state index < -0.39 is 42.2 Å². The van der Waals surface area contributed by atoms with E-state index in [1.54, 1.807) is 6.92 Å². The smallest absolute Gasteiger partial charge is 0.447 e. The average molecular weight is 396 g/mol. The van der Waals surface area contributed by atoms with Crippen LogP contribution in [-0.2, 0) is 16.0 Å². The maximum absolute atomic E-state index is 13.2. The van der Waals surface area contributed by atoms with Gasteiger partial charge in [-0.2, -0.15) is 0 Å². The maximum Gasteiger partial charge on any atom is 0.475 e. The Balaban J connectivity index is 1.94. The van der Waals surface area contributed by atoms with Crippen molar-refractivity contribution in [3.05, 3.63) is 48.1 Å². The zero-order chi connectivity index (χ0) is 20.9. The molecule has 152 valence electrons. The first-order chi connectivity index (χ1) is 13.1. The first-order valence-electron chi connectivity index (χ1n) is 8.82. The number of alkyl carbamates (subject to hydrolysis) is 1. The molecule has 1 aliphatic heterocycles. The largest absolute Gasteiger partial charge is 0.475 e. The Morgan fingerprint density at radius 1 is 1.39 bits per heavy atom. The molecule has 0 saturated carbocycles. The normalized spacial score (nSPS) is 19.8. The summed E-state index contributed by atoms with van der Waals surface area (Å²) < 4.78 is 31.3. The molecule has 0 radical (unpaired) electrons. The average Bonchev–Trinajstić information content (AvgIpc) is 3.02. The highest BCUT2D eigenvalue weighted by Crippen LogP contribution is 2.30. The number of likely N-dealkylation sites (tertiary alicyclic amines) is 1. The monoisotopic (exact) mass is 396 g/mol. The molecular formula is C18H23BF2N2O5. The quantitative estimate of drug-likeness (QED) is 0.477. The van der Waals surface area contributed by atoms with Crippen LogP contribution in [-0.4, -0.2) is 58.7 Å². The van der Waals surface area contributed by atoms with Crippen molar-refractivity contribution >= 4 is 19.1 Å². The van der Waals surface area contributed by atoms with Crippen LogP contribution in [0.1, 0.15) is 25.3 Å². The van der Waals surface area contributed by atoms with E-state index in [1.807, 2.05) is 0 Å². The number of hydrogen-bond donors (Lipinski definition) is 3. The molecule has 7 nitrogen and oxygen atoms in total. The van der Waals surface area contributed by atoms with Crippen molar-refractivity contribution < 1.29 is 33.2 Å². The summed E-state index contributed by atoms with van der Waals surface area (Å²) in [5.74, 6) is -3.45. The number of rotatable bonds is 7.